The highest BCUT2D eigenvalue weighted by Gasteiger charge is 2.24. The molecular weight excluding hydrogens is 140 g/mol. The van der Waals surface area contributed by atoms with Gasteiger partial charge in [0.1, 0.15) is 0 Å². The Morgan fingerprint density at radius 1 is 1.50 bits per heavy atom. The fourth-order valence-corrected chi connectivity index (χ4v) is 2.01. The Labute approximate surface area is 64.9 Å². The van der Waals surface area contributed by atoms with Gasteiger partial charge in [-0.15, -0.1) is 17.8 Å². The van der Waals surface area contributed by atoms with Crippen molar-refractivity contribution in [1.82, 2.24) is 0 Å². The monoisotopic (exact) mass is 148 g/mol. The lowest BCUT2D eigenvalue weighted by molar-refractivity contribution is 1.18. The van der Waals surface area contributed by atoms with Gasteiger partial charge in [-0.2, -0.15) is 0 Å². The zero-order chi connectivity index (χ0) is 6.97. The van der Waals surface area contributed by atoms with E-state index in [1.807, 2.05) is 6.07 Å². The molecule has 0 nitrogen and oxygen atoms in total. The van der Waals surface area contributed by atoms with Crippen LogP contribution >= 0.6 is 11.3 Å². The Kier molecular flexibility index (Phi) is 1.28. The number of hydrogen-bond donors (Lipinski definition) is 0. The van der Waals surface area contributed by atoms with Crippen LogP contribution in [0.25, 0.3) is 0 Å². The minimum absolute atomic E-state index is 0.854. The lowest BCUT2D eigenvalue weighted by atomic mass is 10.3. The lowest BCUT2D eigenvalue weighted by Gasteiger charge is -1.83. The second-order valence-electron chi connectivity index (χ2n) is 2.62. The van der Waals surface area contributed by atoms with Crippen molar-refractivity contribution < 1.29 is 0 Å². The highest BCUT2D eigenvalue weighted by atomic mass is 32.1. The molecule has 0 bridgehead atoms. The summed E-state index contributed by atoms with van der Waals surface area (Å²) >= 11 is 1.77. The molecular formula is C9H8S. The molecule has 0 saturated heterocycles. The van der Waals surface area contributed by atoms with Crippen LogP contribution in [0.15, 0.2) is 12.1 Å². The summed E-state index contributed by atoms with van der Waals surface area (Å²) in [5.74, 6) is 3.50. The normalized spacial score (nSPS) is 16.7. The predicted octanol–water partition coefficient (Wildman–Crippen LogP) is 2.61. The van der Waals surface area contributed by atoms with Gasteiger partial charge in [-0.3, -0.25) is 0 Å². The molecule has 0 amide bonds. The standard InChI is InChI=1S/C9H8S/c1-2-8-5-6-9(10-8)7-3-4-7/h1,5-7H,3-4H2. The quantitative estimate of drug-likeness (QED) is 0.537. The number of rotatable bonds is 1. The van der Waals surface area contributed by atoms with Crippen molar-refractivity contribution in [3.8, 4) is 12.3 Å². The topological polar surface area (TPSA) is 0 Å². The van der Waals surface area contributed by atoms with Crippen LogP contribution in [-0.2, 0) is 0 Å². The van der Waals surface area contributed by atoms with Crippen molar-refractivity contribution in [2.45, 2.75) is 18.8 Å². The van der Waals surface area contributed by atoms with Gasteiger partial charge < -0.3 is 0 Å². The summed E-state index contributed by atoms with van der Waals surface area (Å²) in [7, 11) is 0. The molecule has 1 fully saturated rings. The van der Waals surface area contributed by atoms with E-state index >= 15 is 0 Å². The Balaban J connectivity index is 2.29. The van der Waals surface area contributed by atoms with Crippen LogP contribution in [0.4, 0.5) is 0 Å². The first kappa shape index (κ1) is 6.00. The van der Waals surface area contributed by atoms with E-state index in [9.17, 15) is 0 Å². The smallest absolute Gasteiger partial charge is 0.0768 e. The van der Waals surface area contributed by atoms with Crippen molar-refractivity contribution in [3.05, 3.63) is 21.9 Å². The fourth-order valence-electron chi connectivity index (χ4n) is 1.02. The van der Waals surface area contributed by atoms with E-state index in [1.54, 1.807) is 11.3 Å². The summed E-state index contributed by atoms with van der Waals surface area (Å²) < 4.78 is 0. The summed E-state index contributed by atoms with van der Waals surface area (Å²) in [5, 5.41) is 0. The van der Waals surface area contributed by atoms with E-state index in [2.05, 4.69) is 12.0 Å². The molecule has 1 aliphatic carbocycles. The van der Waals surface area contributed by atoms with E-state index < -0.39 is 0 Å². The average Bonchev–Trinajstić information content (AvgIpc) is 2.70. The van der Waals surface area contributed by atoms with Gasteiger partial charge in [-0.1, -0.05) is 5.92 Å². The van der Waals surface area contributed by atoms with Crippen molar-refractivity contribution >= 4 is 11.3 Å². The van der Waals surface area contributed by atoms with Crippen LogP contribution in [0.3, 0.4) is 0 Å². The lowest BCUT2D eigenvalue weighted by Crippen LogP contribution is -1.63. The van der Waals surface area contributed by atoms with Crippen LogP contribution in [0.1, 0.15) is 28.5 Å². The fraction of sp³-hybridized carbons (Fsp3) is 0.333. The number of hydrogen-bond acceptors (Lipinski definition) is 1. The molecule has 1 heteroatoms. The first-order valence-corrected chi connectivity index (χ1v) is 4.28. The molecule has 10 heavy (non-hydrogen) atoms. The third kappa shape index (κ3) is 0.955. The Bertz CT molecular complexity index is 273. The zero-order valence-corrected chi connectivity index (χ0v) is 6.45. The van der Waals surface area contributed by atoms with E-state index in [4.69, 9.17) is 6.42 Å². The molecule has 2 rings (SSSR count). The number of terminal acetylenes is 1. The van der Waals surface area contributed by atoms with Crippen LogP contribution in [-0.4, -0.2) is 0 Å². The van der Waals surface area contributed by atoms with Crippen molar-refractivity contribution in [3.63, 3.8) is 0 Å². The molecule has 0 spiro atoms. The Morgan fingerprint density at radius 3 is 2.80 bits per heavy atom. The van der Waals surface area contributed by atoms with Gasteiger partial charge in [-0.05, 0) is 30.9 Å². The summed E-state index contributed by atoms with van der Waals surface area (Å²) in [5.41, 5.74) is 0. The summed E-state index contributed by atoms with van der Waals surface area (Å²) in [4.78, 5) is 2.55. The molecule has 0 aromatic carbocycles. The molecule has 1 heterocycles. The molecule has 0 atom stereocenters. The molecule has 50 valence electrons. The van der Waals surface area contributed by atoms with Crippen molar-refractivity contribution in [2.24, 2.45) is 0 Å². The third-order valence-corrected chi connectivity index (χ3v) is 2.93. The predicted molar refractivity (Wildman–Crippen MR) is 44.2 cm³/mol. The van der Waals surface area contributed by atoms with E-state index in [1.165, 1.54) is 17.7 Å². The molecule has 1 aromatic heterocycles. The Hall–Kier alpha value is -0.740. The first-order chi connectivity index (χ1) is 4.90. The maximum Gasteiger partial charge on any atom is 0.0768 e. The Morgan fingerprint density at radius 2 is 2.30 bits per heavy atom. The van der Waals surface area contributed by atoms with Crippen molar-refractivity contribution in [2.75, 3.05) is 0 Å². The SMILES string of the molecule is C#Cc1ccc(C2CC2)s1. The minimum atomic E-state index is 0.854. The van der Waals surface area contributed by atoms with Gasteiger partial charge in [0.25, 0.3) is 0 Å². The van der Waals surface area contributed by atoms with E-state index in [0.29, 0.717) is 0 Å². The summed E-state index contributed by atoms with van der Waals surface area (Å²) in [6, 6.07) is 4.20. The van der Waals surface area contributed by atoms with Crippen LogP contribution in [0, 0.1) is 12.3 Å². The van der Waals surface area contributed by atoms with Crippen LogP contribution in [0.5, 0.6) is 0 Å². The van der Waals surface area contributed by atoms with E-state index in [-0.39, 0.29) is 0 Å². The maximum atomic E-state index is 5.24. The van der Waals surface area contributed by atoms with Crippen LogP contribution in [0.2, 0.25) is 0 Å². The summed E-state index contributed by atoms with van der Waals surface area (Å²) in [6.45, 7) is 0. The maximum absolute atomic E-state index is 5.24. The largest absolute Gasteiger partial charge is 0.131 e. The van der Waals surface area contributed by atoms with E-state index in [0.717, 1.165) is 10.8 Å². The second kappa shape index (κ2) is 2.14. The van der Waals surface area contributed by atoms with Gasteiger partial charge in [0.2, 0.25) is 0 Å². The van der Waals surface area contributed by atoms with Gasteiger partial charge >= 0.3 is 0 Å². The van der Waals surface area contributed by atoms with Crippen LogP contribution < -0.4 is 0 Å². The van der Waals surface area contributed by atoms with Gasteiger partial charge in [0, 0.05) is 4.88 Å². The second-order valence-corrected chi connectivity index (χ2v) is 3.74. The average molecular weight is 148 g/mol. The van der Waals surface area contributed by atoms with Gasteiger partial charge in [0.15, 0.2) is 0 Å². The number of thiophene rings is 1. The van der Waals surface area contributed by atoms with Crippen molar-refractivity contribution in [1.29, 1.82) is 0 Å². The molecule has 0 radical (unpaired) electrons. The highest BCUT2D eigenvalue weighted by molar-refractivity contribution is 7.12. The molecule has 0 unspecified atom stereocenters. The zero-order valence-electron chi connectivity index (χ0n) is 5.63. The highest BCUT2D eigenvalue weighted by Crippen LogP contribution is 2.42. The molecule has 1 aliphatic rings. The summed E-state index contributed by atoms with van der Waals surface area (Å²) in [6.07, 6.45) is 7.98. The molecule has 0 aliphatic heterocycles. The minimum Gasteiger partial charge on any atom is -0.131 e. The molecule has 0 N–H and O–H groups in total. The van der Waals surface area contributed by atoms with Gasteiger partial charge in [0.05, 0.1) is 4.88 Å². The third-order valence-electron chi connectivity index (χ3n) is 1.75. The molecule has 1 aromatic rings. The molecule has 1 saturated carbocycles. The van der Waals surface area contributed by atoms with Gasteiger partial charge in [-0.25, -0.2) is 0 Å². The first-order valence-electron chi connectivity index (χ1n) is 3.46.